The summed E-state index contributed by atoms with van der Waals surface area (Å²) >= 11 is 0. The first kappa shape index (κ1) is 15.6. The van der Waals surface area contributed by atoms with E-state index in [2.05, 4.69) is 15.6 Å². The number of hydrogen-bond acceptors (Lipinski definition) is 2. The van der Waals surface area contributed by atoms with Crippen molar-refractivity contribution in [1.29, 1.82) is 0 Å². The number of amides is 2. The number of carbonyl (C=O) groups is 1. The number of hydrogen-bond donors (Lipinski definition) is 2. The van der Waals surface area contributed by atoms with Crippen LogP contribution in [0.4, 0.5) is 4.79 Å². The maximum Gasteiger partial charge on any atom is 0.315 e. The summed E-state index contributed by atoms with van der Waals surface area (Å²) in [7, 11) is 0. The predicted molar refractivity (Wildman–Crippen MR) is 90.5 cm³/mol. The Labute approximate surface area is 137 Å². The van der Waals surface area contributed by atoms with Crippen molar-refractivity contribution in [3.63, 3.8) is 0 Å². The molecule has 3 rings (SSSR count). The Morgan fingerprint density at radius 3 is 2.78 bits per heavy atom. The van der Waals surface area contributed by atoms with Gasteiger partial charge in [0.15, 0.2) is 0 Å². The molecule has 1 heterocycles. The first-order valence-corrected chi connectivity index (χ1v) is 8.36. The minimum atomic E-state index is -0.0749. The van der Waals surface area contributed by atoms with Crippen LogP contribution in [0.1, 0.15) is 43.5 Å². The molecule has 5 heteroatoms. The SMILES string of the molecule is Cc1nccn1-c1ccccc1CNC(=O)NC1CCCCC1. The zero-order valence-corrected chi connectivity index (χ0v) is 13.6. The van der Waals surface area contributed by atoms with Gasteiger partial charge in [0.1, 0.15) is 5.82 Å². The molecule has 0 saturated heterocycles. The van der Waals surface area contributed by atoms with Crippen molar-refractivity contribution in [3.05, 3.63) is 48.0 Å². The highest BCUT2D eigenvalue weighted by Crippen LogP contribution is 2.18. The van der Waals surface area contributed by atoms with Crippen LogP contribution in [0.2, 0.25) is 0 Å². The Morgan fingerprint density at radius 2 is 2.04 bits per heavy atom. The minimum Gasteiger partial charge on any atom is -0.335 e. The van der Waals surface area contributed by atoms with Crippen LogP contribution in [0.25, 0.3) is 5.69 Å². The second-order valence-corrected chi connectivity index (χ2v) is 6.14. The van der Waals surface area contributed by atoms with Crippen molar-refractivity contribution in [3.8, 4) is 5.69 Å². The molecule has 2 N–H and O–H groups in total. The van der Waals surface area contributed by atoms with Crippen LogP contribution in [0.3, 0.4) is 0 Å². The lowest BCUT2D eigenvalue weighted by Crippen LogP contribution is -2.42. The van der Waals surface area contributed by atoms with Crippen LogP contribution in [0.5, 0.6) is 0 Å². The number of urea groups is 1. The van der Waals surface area contributed by atoms with E-state index in [1.54, 1.807) is 6.20 Å². The fraction of sp³-hybridized carbons (Fsp3) is 0.444. The quantitative estimate of drug-likeness (QED) is 0.910. The van der Waals surface area contributed by atoms with Crippen LogP contribution >= 0.6 is 0 Å². The first-order valence-electron chi connectivity index (χ1n) is 8.36. The molecule has 0 radical (unpaired) electrons. The van der Waals surface area contributed by atoms with Gasteiger partial charge in [-0.1, -0.05) is 37.5 Å². The van der Waals surface area contributed by atoms with E-state index >= 15 is 0 Å². The Hall–Kier alpha value is -2.30. The third-order valence-electron chi connectivity index (χ3n) is 4.46. The zero-order valence-electron chi connectivity index (χ0n) is 13.6. The van der Waals surface area contributed by atoms with E-state index in [4.69, 9.17) is 0 Å². The number of aromatic nitrogens is 2. The predicted octanol–water partition coefficient (Wildman–Crippen LogP) is 3.31. The van der Waals surface area contributed by atoms with Crippen molar-refractivity contribution >= 4 is 6.03 Å². The van der Waals surface area contributed by atoms with Crippen LogP contribution in [0.15, 0.2) is 36.7 Å². The molecule has 1 aromatic carbocycles. The minimum absolute atomic E-state index is 0.0749. The average molecular weight is 312 g/mol. The highest BCUT2D eigenvalue weighted by atomic mass is 16.2. The summed E-state index contributed by atoms with van der Waals surface area (Å²) in [6.45, 7) is 2.48. The number of nitrogens with one attached hydrogen (secondary N) is 2. The summed E-state index contributed by atoms with van der Waals surface area (Å²) in [4.78, 5) is 16.4. The maximum atomic E-state index is 12.1. The lowest BCUT2D eigenvalue weighted by Gasteiger charge is -2.23. The number of benzene rings is 1. The first-order chi connectivity index (χ1) is 11.2. The van der Waals surface area contributed by atoms with E-state index in [1.807, 2.05) is 42.0 Å². The number of imidazole rings is 1. The van der Waals surface area contributed by atoms with E-state index in [-0.39, 0.29) is 6.03 Å². The van der Waals surface area contributed by atoms with Crippen molar-refractivity contribution in [2.45, 2.75) is 51.6 Å². The van der Waals surface area contributed by atoms with Gasteiger partial charge in [-0.15, -0.1) is 0 Å². The molecule has 2 aromatic rings. The number of nitrogens with zero attached hydrogens (tertiary/aromatic N) is 2. The van der Waals surface area contributed by atoms with Gasteiger partial charge in [0.2, 0.25) is 0 Å². The Kier molecular flexibility index (Phi) is 4.95. The third-order valence-corrected chi connectivity index (χ3v) is 4.46. The van der Waals surface area contributed by atoms with E-state index in [0.717, 1.165) is 29.9 Å². The summed E-state index contributed by atoms with van der Waals surface area (Å²) in [6.07, 6.45) is 9.64. The van der Waals surface area contributed by atoms with Gasteiger partial charge in [0, 0.05) is 25.0 Å². The molecule has 0 atom stereocenters. The highest BCUT2D eigenvalue weighted by Gasteiger charge is 2.15. The standard InChI is InChI=1S/C18H24N4O/c1-14-19-11-12-22(14)17-10-6-5-7-15(17)13-20-18(23)21-16-8-3-2-4-9-16/h5-7,10-12,16H,2-4,8-9,13H2,1H3,(H2,20,21,23). The van der Waals surface area contributed by atoms with Gasteiger partial charge < -0.3 is 15.2 Å². The summed E-state index contributed by atoms with van der Waals surface area (Å²) in [5.41, 5.74) is 2.13. The molecule has 1 aliphatic rings. The van der Waals surface area contributed by atoms with Gasteiger partial charge in [-0.05, 0) is 31.4 Å². The Bertz CT molecular complexity index is 659. The van der Waals surface area contributed by atoms with Crippen LogP contribution in [-0.4, -0.2) is 21.6 Å². The molecule has 2 amide bonds. The summed E-state index contributed by atoms with van der Waals surface area (Å²) in [5.74, 6) is 0.934. The lowest BCUT2D eigenvalue weighted by atomic mass is 9.96. The molecule has 0 aliphatic heterocycles. The Morgan fingerprint density at radius 1 is 1.26 bits per heavy atom. The van der Waals surface area contributed by atoms with Gasteiger partial charge >= 0.3 is 6.03 Å². The molecule has 0 unspecified atom stereocenters. The van der Waals surface area contributed by atoms with Gasteiger partial charge in [-0.25, -0.2) is 9.78 Å². The van der Waals surface area contributed by atoms with E-state index < -0.39 is 0 Å². The van der Waals surface area contributed by atoms with Crippen molar-refractivity contribution in [2.75, 3.05) is 0 Å². The Balaban J connectivity index is 1.62. The molecule has 5 nitrogen and oxygen atoms in total. The summed E-state index contributed by atoms with van der Waals surface area (Å²) < 4.78 is 2.04. The summed E-state index contributed by atoms with van der Waals surface area (Å²) in [5, 5.41) is 6.07. The molecular weight excluding hydrogens is 288 g/mol. The molecule has 1 saturated carbocycles. The monoisotopic (exact) mass is 312 g/mol. The van der Waals surface area contributed by atoms with Gasteiger partial charge in [-0.2, -0.15) is 0 Å². The van der Waals surface area contributed by atoms with E-state index in [1.165, 1.54) is 19.3 Å². The molecule has 0 bridgehead atoms. The maximum absolute atomic E-state index is 12.1. The molecule has 1 fully saturated rings. The fourth-order valence-electron chi connectivity index (χ4n) is 3.19. The van der Waals surface area contributed by atoms with Crippen molar-refractivity contribution in [1.82, 2.24) is 20.2 Å². The smallest absolute Gasteiger partial charge is 0.315 e. The highest BCUT2D eigenvalue weighted by molar-refractivity contribution is 5.74. The van der Waals surface area contributed by atoms with Crippen molar-refractivity contribution < 1.29 is 4.79 Å². The molecule has 1 aliphatic carbocycles. The van der Waals surface area contributed by atoms with Gasteiger partial charge in [-0.3, -0.25) is 0 Å². The average Bonchev–Trinajstić information content (AvgIpc) is 3.00. The molecular formula is C18H24N4O. The summed E-state index contributed by atoms with van der Waals surface area (Å²) in [6, 6.07) is 8.33. The van der Waals surface area contributed by atoms with Crippen LogP contribution in [-0.2, 0) is 6.54 Å². The largest absolute Gasteiger partial charge is 0.335 e. The molecule has 1 aromatic heterocycles. The fourth-order valence-corrected chi connectivity index (χ4v) is 3.19. The topological polar surface area (TPSA) is 59.0 Å². The second kappa shape index (κ2) is 7.31. The van der Waals surface area contributed by atoms with Gasteiger partial charge in [0.25, 0.3) is 0 Å². The normalized spacial score (nSPS) is 15.3. The number of carbonyl (C=O) groups excluding carboxylic acids is 1. The number of aryl methyl sites for hydroxylation is 1. The van der Waals surface area contributed by atoms with E-state index in [9.17, 15) is 4.79 Å². The second-order valence-electron chi connectivity index (χ2n) is 6.14. The van der Waals surface area contributed by atoms with Crippen LogP contribution < -0.4 is 10.6 Å². The van der Waals surface area contributed by atoms with Gasteiger partial charge in [0.05, 0.1) is 5.69 Å². The van der Waals surface area contributed by atoms with Crippen LogP contribution in [0, 0.1) is 6.92 Å². The zero-order chi connectivity index (χ0) is 16.1. The van der Waals surface area contributed by atoms with Crippen molar-refractivity contribution in [2.24, 2.45) is 0 Å². The molecule has 122 valence electrons. The van der Waals surface area contributed by atoms with E-state index in [0.29, 0.717) is 12.6 Å². The number of para-hydroxylation sites is 1. The molecule has 0 spiro atoms. The third kappa shape index (κ3) is 3.92. The molecule has 23 heavy (non-hydrogen) atoms. The lowest BCUT2D eigenvalue weighted by molar-refractivity contribution is 0.232. The number of rotatable bonds is 4.